The molecule has 0 saturated carbocycles. The molecule has 0 radical (unpaired) electrons. The Hall–Kier alpha value is -9.71. The zero-order valence-electron chi connectivity index (χ0n) is 76.0. The van der Waals surface area contributed by atoms with Gasteiger partial charge in [0, 0.05) is 46.3 Å². The minimum Gasteiger partial charge on any atom is -0.456 e. The number of ether oxygens (including phenoxy) is 3. The summed E-state index contributed by atoms with van der Waals surface area (Å²) in [6.07, 6.45) is 23.8. The maximum Gasteiger partial charge on any atom is 0.329 e. The number of nitrogens with zero attached hydrogens (tertiary/aromatic N) is 3. The second-order valence-electron chi connectivity index (χ2n) is 30.8. The fraction of sp³-hybridized carbons (Fsp3) is 0.543. The minimum absolute atomic E-state index is 0.0262. The molecular weight excluding hydrogens is 1720 g/mol. The lowest BCUT2D eigenvalue weighted by Crippen LogP contribution is -2.48. The molecule has 35 heteroatoms. The normalized spacial score (nSPS) is 19.8. The number of pyridine rings is 3. The van der Waals surface area contributed by atoms with Crippen LogP contribution in [0.3, 0.4) is 0 Å². The number of allylic oxidation sites excluding steroid dienone is 6. The van der Waals surface area contributed by atoms with Crippen LogP contribution < -0.4 is 47.9 Å². The molecule has 6 bridgehead atoms. The standard InChI is InChI=1S/2C31H44N4O6S2.C30H42N4O6S/c1-6-9-10-14-26(37)43-17-12-11-13-22-18-25(36)32-19-21-15-16-24(42-8-3)28(33-21)30(39)34-23(7-2)29(38)35-27(20(4)5)31(40)41-22;1-6-9-10-14-27(37)43-15-12-11-13-22-17-26(36)32-19-21-16-23(42-8-3)18-25(33-21)30(39)34-24(7-2)29(38)35-28(20(4)5)31(40)41-22;1-6-8-9-13-26(36)41-16-11-10-12-21-17-25(35)31-18-24-20(5)14-15-23(32-24)29(38)33-22(7-2)28(37)34-27(19(3)4)30(39)40-21/h7,11,13,15-16,20,22,27H,6,8-10,12,14,17-19H2,1-5H3,(H,32,36)(H,34,39)(H,35,38);7,11,13,16,18,20,22,28H,6,8-10,12,14-15,17,19H2,1-5H3,(H,32,36)(H,34,39)(H,35,38);7,10,12,14-15,19,21,27H,6,8-9,11,13,16-18H2,1-5H3,(H,31,35)(H,33,38)(H,34,37)/b13-11+,23-7-;13-11+,24-7-;12-10+,22-7-/t22-,27+;22-,28+;21-,27+/m111/s1. The Balaban J connectivity index is 0.000000399. The largest absolute Gasteiger partial charge is 0.456 e. The maximum absolute atomic E-state index is 13.3. The second-order valence-corrected chi connectivity index (χ2v) is 36.9. The number of hydrogen-bond donors (Lipinski definition) is 9. The number of cyclic esters (lactones) is 3. The van der Waals surface area contributed by atoms with E-state index in [1.807, 2.05) is 20.8 Å². The van der Waals surface area contributed by atoms with Crippen molar-refractivity contribution in [3.8, 4) is 0 Å². The van der Waals surface area contributed by atoms with Gasteiger partial charge in [0.25, 0.3) is 35.4 Å². The first-order valence-corrected chi connectivity index (χ1v) is 48.6. The topological polar surface area (TPSA) is 431 Å². The van der Waals surface area contributed by atoms with E-state index in [1.54, 1.807) is 129 Å². The van der Waals surface area contributed by atoms with Crippen LogP contribution in [-0.2, 0) is 91.4 Å². The van der Waals surface area contributed by atoms with Gasteiger partial charge in [-0.1, -0.05) is 192 Å². The fourth-order valence-electron chi connectivity index (χ4n) is 12.1. The summed E-state index contributed by atoms with van der Waals surface area (Å²) in [5.74, 6) is -4.76. The number of rotatable bonds is 31. The van der Waals surface area contributed by atoms with Crippen molar-refractivity contribution in [3.05, 3.63) is 148 Å². The summed E-state index contributed by atoms with van der Waals surface area (Å²) in [5, 5.41) is 24.6. The highest BCUT2D eigenvalue weighted by atomic mass is 32.2. The molecule has 0 unspecified atom stereocenters. The minimum atomic E-state index is -1.03. The van der Waals surface area contributed by atoms with Gasteiger partial charge in [0.2, 0.25) is 17.7 Å². The molecule has 6 atom stereocenters. The molecule has 0 spiro atoms. The van der Waals surface area contributed by atoms with Crippen LogP contribution >= 0.6 is 58.8 Å². The number of aryl methyl sites for hydroxylation is 1. The number of unbranched alkanes of at least 4 members (excludes halogenated alkanes) is 6. The molecule has 0 aliphatic carbocycles. The van der Waals surface area contributed by atoms with Crippen LogP contribution in [0.2, 0.25) is 0 Å². The van der Waals surface area contributed by atoms with E-state index < -0.39 is 89.8 Å². The maximum atomic E-state index is 13.3. The Kier molecular flexibility index (Phi) is 52.6. The van der Waals surface area contributed by atoms with Gasteiger partial charge in [0.1, 0.15) is 70.6 Å². The molecule has 30 nitrogen and oxygen atoms in total. The number of amides is 9. The SMILES string of the molecule is C/C=C1\NC(=O)c2cc(SCC)cc(n2)CNC(=O)C[C@@H](/C=C/CCSC(=O)CCCCC)OC(=O)[C@H](C(C)C)NC1=O.C/C=C1\NC(=O)c2ccc(C)c(n2)CNC(=O)C[C@@H](/C=C/CCSC(=O)CCCCC)OC(=O)[C@H](C(C)C)NC1=O.C/C=C1\NC(=O)c2nc(ccc2SCC)CNC(=O)C[C@@H](/C=C/CCSC(=O)CCCCC)OC(=O)[C@H](C(C)C)NC1=O. The summed E-state index contributed by atoms with van der Waals surface area (Å²) in [4.78, 5) is 208. The van der Waals surface area contributed by atoms with E-state index in [0.717, 1.165) is 74.0 Å². The van der Waals surface area contributed by atoms with Gasteiger partial charge in [-0.25, -0.2) is 29.3 Å². The average molecular weight is 1850 g/mol. The van der Waals surface area contributed by atoms with Crippen LogP contribution in [0.15, 0.2) is 118 Å². The van der Waals surface area contributed by atoms with Crippen molar-refractivity contribution in [2.75, 3.05) is 28.8 Å². The Morgan fingerprint density at radius 3 is 1.19 bits per heavy atom. The van der Waals surface area contributed by atoms with Crippen LogP contribution in [0.5, 0.6) is 0 Å². The van der Waals surface area contributed by atoms with Crippen molar-refractivity contribution < 1.29 is 86.1 Å². The number of hydrogen-bond acceptors (Lipinski definition) is 26. The fourth-order valence-corrected chi connectivity index (χ4v) is 15.9. The predicted octanol–water partition coefficient (Wildman–Crippen LogP) is 13.3. The second kappa shape index (κ2) is 60.9. The van der Waals surface area contributed by atoms with E-state index in [9.17, 15) is 71.9 Å². The first-order chi connectivity index (χ1) is 60.7. The molecule has 6 rings (SSSR count). The first-order valence-electron chi connectivity index (χ1n) is 43.7. The van der Waals surface area contributed by atoms with Gasteiger partial charge in [0.05, 0.1) is 56.0 Å². The van der Waals surface area contributed by atoms with Crippen molar-refractivity contribution in [1.29, 1.82) is 0 Å². The average Bonchev–Trinajstić information content (AvgIpc) is 0.731. The summed E-state index contributed by atoms with van der Waals surface area (Å²) < 4.78 is 17.1. The monoisotopic (exact) mass is 1850 g/mol. The molecule has 3 aliphatic rings. The van der Waals surface area contributed by atoms with E-state index >= 15 is 0 Å². The van der Waals surface area contributed by atoms with Gasteiger partial charge >= 0.3 is 17.9 Å². The van der Waals surface area contributed by atoms with E-state index in [2.05, 4.69) is 83.6 Å². The number of carbonyl (C=O) groups excluding carboxylic acids is 15. The zero-order valence-corrected chi connectivity index (χ0v) is 80.1. The number of aromatic nitrogens is 3. The van der Waals surface area contributed by atoms with Crippen LogP contribution in [0.1, 0.15) is 267 Å². The lowest BCUT2D eigenvalue weighted by molar-refractivity contribution is -0.153. The third kappa shape index (κ3) is 41.9. The van der Waals surface area contributed by atoms with Crippen molar-refractivity contribution in [2.24, 2.45) is 17.8 Å². The van der Waals surface area contributed by atoms with E-state index in [4.69, 9.17) is 14.2 Å². The summed E-state index contributed by atoms with van der Waals surface area (Å²) in [6, 6.07) is 7.09. The Morgan fingerprint density at radius 1 is 0.433 bits per heavy atom. The Bertz CT molecular complexity index is 4430. The molecule has 6 heterocycles. The van der Waals surface area contributed by atoms with Crippen LogP contribution in [0.4, 0.5) is 0 Å². The number of nitrogens with one attached hydrogen (secondary N) is 9. The number of thioether (sulfide) groups is 5. The lowest BCUT2D eigenvalue weighted by atomic mass is 10.0. The summed E-state index contributed by atoms with van der Waals surface area (Å²) in [5.41, 5.74) is 2.44. The highest BCUT2D eigenvalue weighted by Crippen LogP contribution is 2.26. The van der Waals surface area contributed by atoms with Crippen molar-refractivity contribution >= 4 is 145 Å². The van der Waals surface area contributed by atoms with Crippen LogP contribution in [-0.4, -0.2) is 167 Å². The molecule has 0 fully saturated rings. The molecule has 0 aromatic carbocycles. The number of carbonyl (C=O) groups is 15. The molecule has 127 heavy (non-hydrogen) atoms. The van der Waals surface area contributed by atoms with Crippen LogP contribution in [0, 0.1) is 24.7 Å². The van der Waals surface area contributed by atoms with Gasteiger partial charge in [-0.05, 0) is 150 Å². The third-order valence-electron chi connectivity index (χ3n) is 19.2. The first kappa shape index (κ1) is 110. The van der Waals surface area contributed by atoms with E-state index in [1.165, 1.54) is 83.1 Å². The van der Waals surface area contributed by atoms with Crippen molar-refractivity contribution in [2.45, 2.75) is 285 Å². The Labute approximate surface area is 768 Å². The highest BCUT2D eigenvalue weighted by molar-refractivity contribution is 8.14. The van der Waals surface area contributed by atoms with Gasteiger partial charge in [-0.3, -0.25) is 57.5 Å². The van der Waals surface area contributed by atoms with Crippen molar-refractivity contribution in [1.82, 2.24) is 62.8 Å². The Morgan fingerprint density at radius 2 is 0.811 bits per heavy atom. The molecule has 3 aromatic heterocycles. The molecule has 9 N–H and O–H groups in total. The van der Waals surface area contributed by atoms with Gasteiger partial charge in [-0.15, -0.1) is 23.5 Å². The number of fused-ring (bicyclic) bond motifs is 6. The molecule has 9 amide bonds. The molecule has 3 aromatic rings. The number of esters is 3. The van der Waals surface area contributed by atoms with Crippen LogP contribution in [0.25, 0.3) is 0 Å². The van der Waals surface area contributed by atoms with E-state index in [-0.39, 0.29) is 124 Å². The highest BCUT2D eigenvalue weighted by Gasteiger charge is 2.35. The quantitative estimate of drug-likeness (QED) is 0.00721. The third-order valence-corrected chi connectivity index (χ3v) is 23.9. The molecule has 3 aliphatic heterocycles. The van der Waals surface area contributed by atoms with E-state index in [0.29, 0.717) is 83.5 Å². The van der Waals surface area contributed by atoms with Crippen molar-refractivity contribution in [3.63, 3.8) is 0 Å². The van der Waals surface area contributed by atoms with Gasteiger partial charge < -0.3 is 62.1 Å². The molecule has 696 valence electrons. The summed E-state index contributed by atoms with van der Waals surface area (Å²) in [6.45, 7) is 27.6. The lowest BCUT2D eigenvalue weighted by Gasteiger charge is -2.24. The summed E-state index contributed by atoms with van der Waals surface area (Å²) >= 11 is 6.78. The molecular formula is C92H130N12O18S5. The smallest absolute Gasteiger partial charge is 0.329 e. The zero-order chi connectivity index (χ0) is 93.9. The van der Waals surface area contributed by atoms with Gasteiger partial charge in [0.15, 0.2) is 15.3 Å². The predicted molar refractivity (Wildman–Crippen MR) is 499 cm³/mol. The molecule has 0 saturated heterocycles. The van der Waals surface area contributed by atoms with Gasteiger partial charge in [-0.2, -0.15) is 0 Å². The summed E-state index contributed by atoms with van der Waals surface area (Å²) in [7, 11) is 0.